The molecule has 1 atom stereocenters. The summed E-state index contributed by atoms with van der Waals surface area (Å²) in [6.45, 7) is 1.81. The van der Waals surface area contributed by atoms with Crippen molar-refractivity contribution >= 4 is 46.9 Å². The van der Waals surface area contributed by atoms with Gasteiger partial charge in [-0.25, -0.2) is 0 Å². The van der Waals surface area contributed by atoms with E-state index in [4.69, 9.17) is 18.9 Å². The molecule has 4 rings (SSSR count). The van der Waals surface area contributed by atoms with Gasteiger partial charge < -0.3 is 34.9 Å². The number of carbonyl (C=O) groups excluding carboxylic acids is 3. The van der Waals surface area contributed by atoms with E-state index in [1.807, 2.05) is 12.1 Å². The maximum atomic E-state index is 13.5. The fraction of sp³-hybridized carbons (Fsp3) is 0.171. The Morgan fingerprint density at radius 1 is 0.717 bits per heavy atom. The summed E-state index contributed by atoms with van der Waals surface area (Å²) < 4.78 is 21.6. The highest BCUT2D eigenvalue weighted by Crippen LogP contribution is 2.38. The van der Waals surface area contributed by atoms with Crippen LogP contribution in [0.2, 0.25) is 0 Å². The number of hydrogen-bond donors (Lipinski definition) is 3. The zero-order valence-corrected chi connectivity index (χ0v) is 26.9. The van der Waals surface area contributed by atoms with Crippen molar-refractivity contribution in [2.45, 2.75) is 17.1 Å². The van der Waals surface area contributed by atoms with Crippen LogP contribution in [0.5, 0.6) is 23.0 Å². The van der Waals surface area contributed by atoms with E-state index in [0.29, 0.717) is 45.5 Å². The first kappa shape index (κ1) is 33.5. The van der Waals surface area contributed by atoms with Crippen LogP contribution in [0.15, 0.2) is 102 Å². The summed E-state index contributed by atoms with van der Waals surface area (Å²) in [4.78, 5) is 40.2. The van der Waals surface area contributed by atoms with Crippen molar-refractivity contribution in [1.82, 2.24) is 5.32 Å². The first-order chi connectivity index (χ1) is 22.3. The lowest BCUT2D eigenvalue weighted by Crippen LogP contribution is -2.30. The molecule has 0 saturated carbocycles. The Kier molecular flexibility index (Phi) is 11.7. The van der Waals surface area contributed by atoms with Gasteiger partial charge in [0.15, 0.2) is 11.5 Å². The second-order valence-electron chi connectivity index (χ2n) is 9.76. The molecule has 0 aliphatic rings. The van der Waals surface area contributed by atoms with Crippen molar-refractivity contribution in [3.05, 3.63) is 108 Å². The molecule has 0 heterocycles. The fourth-order valence-corrected chi connectivity index (χ4v) is 5.22. The minimum absolute atomic E-state index is 0.0109. The number of nitrogens with one attached hydrogen (secondary N) is 3. The van der Waals surface area contributed by atoms with E-state index in [0.717, 1.165) is 4.90 Å². The SMILES string of the molecule is COc1ccccc1NC(=O)C(C)Sc1ccc(NC(=O)/C(=C/c2cc(OC)c(OC)c(OC)c2)NC(=O)c2ccccc2)cc1. The van der Waals surface area contributed by atoms with Gasteiger partial charge in [-0.3, -0.25) is 14.4 Å². The third-order valence-electron chi connectivity index (χ3n) is 6.69. The molecule has 4 aromatic rings. The molecule has 11 heteroatoms. The average Bonchev–Trinajstić information content (AvgIpc) is 3.08. The normalized spacial score (nSPS) is 11.5. The van der Waals surface area contributed by atoms with Gasteiger partial charge in [0.05, 0.1) is 39.4 Å². The van der Waals surface area contributed by atoms with Crippen molar-refractivity contribution in [2.24, 2.45) is 0 Å². The Labute approximate surface area is 272 Å². The van der Waals surface area contributed by atoms with Gasteiger partial charge in [-0.15, -0.1) is 11.8 Å². The summed E-state index contributed by atoms with van der Waals surface area (Å²) in [6.07, 6.45) is 1.52. The molecule has 0 aliphatic heterocycles. The number of amides is 3. The van der Waals surface area contributed by atoms with Crippen molar-refractivity contribution in [3.8, 4) is 23.0 Å². The molecule has 238 valence electrons. The number of hydrogen-bond acceptors (Lipinski definition) is 8. The number of anilines is 2. The van der Waals surface area contributed by atoms with E-state index in [2.05, 4.69) is 16.0 Å². The highest BCUT2D eigenvalue weighted by Gasteiger charge is 2.19. The minimum atomic E-state index is -0.553. The van der Waals surface area contributed by atoms with Crippen LogP contribution < -0.4 is 34.9 Å². The second kappa shape index (κ2) is 16.1. The standard InChI is InChI=1S/C35H35N3O7S/c1-22(33(39)37-27-13-9-10-14-29(27)42-2)46-26-17-15-25(16-18-26)36-35(41)28(38-34(40)24-11-7-6-8-12-24)19-23-20-30(43-3)32(45-5)31(21-23)44-4/h6-22H,1-5H3,(H,36,41)(H,37,39)(H,38,40)/b28-19-. The van der Waals surface area contributed by atoms with E-state index in [1.54, 1.807) is 92.9 Å². The number of rotatable bonds is 13. The number of thioether (sulfide) groups is 1. The Balaban J connectivity index is 1.52. The molecule has 0 aliphatic carbocycles. The van der Waals surface area contributed by atoms with Crippen molar-refractivity contribution in [2.75, 3.05) is 39.1 Å². The van der Waals surface area contributed by atoms with Crippen LogP contribution in [0.1, 0.15) is 22.8 Å². The summed E-state index contributed by atoms with van der Waals surface area (Å²) in [5.41, 5.74) is 1.99. The number of ether oxygens (including phenoxy) is 4. The van der Waals surface area contributed by atoms with Crippen LogP contribution in [0.4, 0.5) is 11.4 Å². The van der Waals surface area contributed by atoms with Gasteiger partial charge in [0.2, 0.25) is 11.7 Å². The molecule has 0 bridgehead atoms. The molecule has 0 aromatic heterocycles. The van der Waals surface area contributed by atoms with Gasteiger partial charge in [0, 0.05) is 16.1 Å². The lowest BCUT2D eigenvalue weighted by Gasteiger charge is -2.15. The van der Waals surface area contributed by atoms with Crippen LogP contribution >= 0.6 is 11.8 Å². The molecule has 0 radical (unpaired) electrons. The summed E-state index contributed by atoms with van der Waals surface area (Å²) in [5, 5.41) is 8.04. The molecule has 4 aromatic carbocycles. The molecular weight excluding hydrogens is 606 g/mol. The van der Waals surface area contributed by atoms with Gasteiger partial charge in [-0.05, 0) is 79.2 Å². The molecule has 3 N–H and O–H groups in total. The van der Waals surface area contributed by atoms with E-state index < -0.39 is 17.1 Å². The number of benzene rings is 4. The van der Waals surface area contributed by atoms with Crippen LogP contribution in [0, 0.1) is 0 Å². The Morgan fingerprint density at radius 3 is 1.93 bits per heavy atom. The van der Waals surface area contributed by atoms with Gasteiger partial charge in [0.25, 0.3) is 11.8 Å². The Bertz CT molecular complexity index is 1680. The maximum absolute atomic E-state index is 13.5. The first-order valence-corrected chi connectivity index (χ1v) is 15.0. The first-order valence-electron chi connectivity index (χ1n) is 14.2. The predicted octanol–water partition coefficient (Wildman–Crippen LogP) is 6.25. The summed E-state index contributed by atoms with van der Waals surface area (Å²) >= 11 is 1.37. The van der Waals surface area contributed by atoms with Crippen molar-refractivity contribution < 1.29 is 33.3 Å². The summed E-state index contributed by atoms with van der Waals surface area (Å²) in [7, 11) is 6.03. The number of para-hydroxylation sites is 2. The van der Waals surface area contributed by atoms with Crippen LogP contribution in [-0.4, -0.2) is 51.4 Å². The van der Waals surface area contributed by atoms with Crippen LogP contribution in [0.25, 0.3) is 6.08 Å². The van der Waals surface area contributed by atoms with Crippen LogP contribution in [-0.2, 0) is 9.59 Å². The van der Waals surface area contributed by atoms with E-state index >= 15 is 0 Å². The quantitative estimate of drug-likeness (QED) is 0.116. The van der Waals surface area contributed by atoms with Gasteiger partial charge in [-0.2, -0.15) is 0 Å². The third-order valence-corrected chi connectivity index (χ3v) is 7.80. The fourth-order valence-electron chi connectivity index (χ4n) is 4.35. The number of methoxy groups -OCH3 is 4. The number of carbonyl (C=O) groups is 3. The third kappa shape index (κ3) is 8.60. The molecule has 0 spiro atoms. The lowest BCUT2D eigenvalue weighted by molar-refractivity contribution is -0.115. The molecular formula is C35H35N3O7S. The monoisotopic (exact) mass is 641 g/mol. The Hall–Kier alpha value is -5.42. The smallest absolute Gasteiger partial charge is 0.272 e. The van der Waals surface area contributed by atoms with Gasteiger partial charge in [-0.1, -0.05) is 30.3 Å². The molecule has 46 heavy (non-hydrogen) atoms. The van der Waals surface area contributed by atoms with Gasteiger partial charge in [0.1, 0.15) is 11.4 Å². The largest absolute Gasteiger partial charge is 0.495 e. The molecule has 0 fully saturated rings. The molecule has 10 nitrogen and oxygen atoms in total. The molecule has 0 saturated heterocycles. The summed E-state index contributed by atoms with van der Waals surface area (Å²) in [5.74, 6) is 0.562. The maximum Gasteiger partial charge on any atom is 0.272 e. The second-order valence-corrected chi connectivity index (χ2v) is 11.2. The molecule has 3 amide bonds. The zero-order chi connectivity index (χ0) is 33.1. The summed E-state index contributed by atoms with van der Waals surface area (Å²) in [6, 6.07) is 26.2. The van der Waals surface area contributed by atoms with E-state index in [9.17, 15) is 14.4 Å². The van der Waals surface area contributed by atoms with Gasteiger partial charge >= 0.3 is 0 Å². The average molecular weight is 642 g/mol. The predicted molar refractivity (Wildman–Crippen MR) is 180 cm³/mol. The van der Waals surface area contributed by atoms with E-state index in [-0.39, 0.29) is 11.6 Å². The van der Waals surface area contributed by atoms with Crippen LogP contribution in [0.3, 0.4) is 0 Å². The highest BCUT2D eigenvalue weighted by atomic mass is 32.2. The topological polar surface area (TPSA) is 124 Å². The van der Waals surface area contributed by atoms with E-state index in [1.165, 1.54) is 39.2 Å². The minimum Gasteiger partial charge on any atom is -0.495 e. The Morgan fingerprint density at radius 2 is 1.33 bits per heavy atom. The van der Waals surface area contributed by atoms with Crippen molar-refractivity contribution in [3.63, 3.8) is 0 Å². The highest BCUT2D eigenvalue weighted by molar-refractivity contribution is 8.00. The lowest BCUT2D eigenvalue weighted by atomic mass is 10.1. The molecule has 1 unspecified atom stereocenters. The zero-order valence-electron chi connectivity index (χ0n) is 26.1. The van der Waals surface area contributed by atoms with Crippen molar-refractivity contribution in [1.29, 1.82) is 0 Å².